The van der Waals surface area contributed by atoms with Crippen molar-refractivity contribution >= 4 is 33.0 Å². The minimum Gasteiger partial charge on any atom is -0.378 e. The van der Waals surface area contributed by atoms with E-state index in [0.717, 1.165) is 11.8 Å². The van der Waals surface area contributed by atoms with Gasteiger partial charge in [-0.05, 0) is 48.4 Å². The molecule has 1 saturated heterocycles. The number of rotatable bonds is 4. The highest BCUT2D eigenvalue weighted by Gasteiger charge is 2.26. The number of halogens is 1. The summed E-state index contributed by atoms with van der Waals surface area (Å²) in [6.07, 6.45) is 1.71. The van der Waals surface area contributed by atoms with Crippen molar-refractivity contribution in [2.75, 3.05) is 53.6 Å². The molecule has 29 heavy (non-hydrogen) atoms. The first kappa shape index (κ1) is 19.7. The van der Waals surface area contributed by atoms with Crippen LogP contribution >= 0.6 is 0 Å². The largest absolute Gasteiger partial charge is 0.378 e. The number of nitrogens with one attached hydrogen (secondary N) is 1. The molecule has 2 heterocycles. The van der Waals surface area contributed by atoms with Gasteiger partial charge in [-0.1, -0.05) is 0 Å². The Kier molecular flexibility index (Phi) is 5.18. The van der Waals surface area contributed by atoms with E-state index in [1.54, 1.807) is 30.3 Å². The molecule has 1 N–H and O–H groups in total. The molecule has 2 aromatic rings. The third-order valence-corrected chi connectivity index (χ3v) is 6.33. The van der Waals surface area contributed by atoms with Crippen LogP contribution in [0.5, 0.6) is 0 Å². The van der Waals surface area contributed by atoms with Crippen molar-refractivity contribution in [1.29, 1.82) is 0 Å². The predicted molar refractivity (Wildman–Crippen MR) is 110 cm³/mol. The van der Waals surface area contributed by atoms with Gasteiger partial charge in [0.05, 0.1) is 30.8 Å². The van der Waals surface area contributed by atoms with Gasteiger partial charge in [0, 0.05) is 30.9 Å². The summed E-state index contributed by atoms with van der Waals surface area (Å²) in [6.45, 7) is 2.75. The summed E-state index contributed by atoms with van der Waals surface area (Å²) >= 11 is 0. The molecule has 0 spiro atoms. The van der Waals surface area contributed by atoms with Crippen LogP contribution in [0.25, 0.3) is 0 Å². The van der Waals surface area contributed by atoms with Crippen LogP contribution in [0, 0.1) is 5.82 Å². The van der Waals surface area contributed by atoms with Gasteiger partial charge in [0.2, 0.25) is 10.0 Å². The first-order chi connectivity index (χ1) is 13.8. The van der Waals surface area contributed by atoms with E-state index in [4.69, 9.17) is 4.74 Å². The fraction of sp³-hybridized carbons (Fsp3) is 0.350. The summed E-state index contributed by atoms with van der Waals surface area (Å²) < 4.78 is 44.8. The maximum atomic E-state index is 14.5. The van der Waals surface area contributed by atoms with Crippen molar-refractivity contribution in [1.82, 2.24) is 0 Å². The highest BCUT2D eigenvalue weighted by atomic mass is 32.2. The Morgan fingerprint density at radius 3 is 2.48 bits per heavy atom. The van der Waals surface area contributed by atoms with E-state index in [1.165, 1.54) is 10.4 Å². The third kappa shape index (κ3) is 4.06. The number of nitrogens with zero attached hydrogens (tertiary/aromatic N) is 2. The lowest BCUT2D eigenvalue weighted by Gasteiger charge is -2.29. The van der Waals surface area contributed by atoms with Gasteiger partial charge in [-0.2, -0.15) is 0 Å². The van der Waals surface area contributed by atoms with Gasteiger partial charge in [-0.3, -0.25) is 9.10 Å². The van der Waals surface area contributed by atoms with Gasteiger partial charge in [0.1, 0.15) is 5.82 Å². The van der Waals surface area contributed by atoms with E-state index in [2.05, 4.69) is 5.32 Å². The Balaban J connectivity index is 1.49. The zero-order valence-corrected chi connectivity index (χ0v) is 16.8. The lowest BCUT2D eigenvalue weighted by Crippen LogP contribution is -2.36. The van der Waals surface area contributed by atoms with E-state index in [0.29, 0.717) is 61.9 Å². The molecule has 2 aliphatic rings. The van der Waals surface area contributed by atoms with E-state index in [1.807, 2.05) is 4.90 Å². The van der Waals surface area contributed by atoms with Gasteiger partial charge < -0.3 is 15.0 Å². The number of carbonyl (C=O) groups excluding carboxylic acids is 1. The lowest BCUT2D eigenvalue weighted by molar-refractivity contribution is 0.102. The molecule has 9 heteroatoms. The molecule has 154 valence electrons. The maximum Gasteiger partial charge on any atom is 0.255 e. The van der Waals surface area contributed by atoms with Crippen molar-refractivity contribution in [2.45, 2.75) is 6.42 Å². The zero-order valence-electron chi connectivity index (χ0n) is 16.0. The lowest BCUT2D eigenvalue weighted by atomic mass is 10.1. The molecular formula is C20H22FN3O4S. The first-order valence-corrected chi connectivity index (χ1v) is 11.2. The summed E-state index contributed by atoms with van der Waals surface area (Å²) in [5.74, 6) is -0.772. The SMILES string of the molecule is CS(=O)(=O)N1CCc2cc(C(=O)Nc3ccc(N4CCOCC4)c(F)c3)ccc21. The monoisotopic (exact) mass is 419 g/mol. The topological polar surface area (TPSA) is 79.0 Å². The molecule has 0 bridgehead atoms. The smallest absolute Gasteiger partial charge is 0.255 e. The number of carbonyl (C=O) groups is 1. The second-order valence-corrected chi connectivity index (χ2v) is 9.06. The Bertz CT molecular complexity index is 1050. The first-order valence-electron chi connectivity index (χ1n) is 9.37. The average Bonchev–Trinajstić information content (AvgIpc) is 3.12. The molecule has 1 fully saturated rings. The molecule has 0 atom stereocenters. The highest BCUT2D eigenvalue weighted by molar-refractivity contribution is 7.92. The molecule has 0 aliphatic carbocycles. The van der Waals surface area contributed by atoms with Crippen LogP contribution in [0.1, 0.15) is 15.9 Å². The molecular weight excluding hydrogens is 397 g/mol. The van der Waals surface area contributed by atoms with E-state index >= 15 is 0 Å². The van der Waals surface area contributed by atoms with Crippen LogP contribution in [0.2, 0.25) is 0 Å². The molecule has 0 radical (unpaired) electrons. The Morgan fingerprint density at radius 2 is 1.79 bits per heavy atom. The van der Waals surface area contributed by atoms with Gasteiger partial charge in [-0.25, -0.2) is 12.8 Å². The van der Waals surface area contributed by atoms with Crippen molar-refractivity contribution in [3.8, 4) is 0 Å². The molecule has 7 nitrogen and oxygen atoms in total. The average molecular weight is 419 g/mol. The Hall–Kier alpha value is -2.65. The fourth-order valence-electron chi connectivity index (χ4n) is 3.71. The number of fused-ring (bicyclic) bond motifs is 1. The van der Waals surface area contributed by atoms with Crippen LogP contribution in [-0.2, 0) is 21.2 Å². The quantitative estimate of drug-likeness (QED) is 0.822. The number of sulfonamides is 1. The number of amides is 1. The van der Waals surface area contributed by atoms with Crippen LogP contribution in [0.15, 0.2) is 36.4 Å². The molecule has 0 unspecified atom stereocenters. The van der Waals surface area contributed by atoms with E-state index in [9.17, 15) is 17.6 Å². The van der Waals surface area contributed by atoms with Crippen molar-refractivity contribution < 1.29 is 22.3 Å². The van der Waals surface area contributed by atoms with Crippen molar-refractivity contribution in [2.24, 2.45) is 0 Å². The van der Waals surface area contributed by atoms with Gasteiger partial charge >= 0.3 is 0 Å². The molecule has 0 aromatic heterocycles. The summed E-state index contributed by atoms with van der Waals surface area (Å²) in [6, 6.07) is 9.54. The van der Waals surface area contributed by atoms with Gasteiger partial charge in [0.25, 0.3) is 5.91 Å². The summed E-state index contributed by atoms with van der Waals surface area (Å²) in [5.41, 5.74) is 2.66. The molecule has 4 rings (SSSR count). The van der Waals surface area contributed by atoms with Crippen molar-refractivity contribution in [3.05, 3.63) is 53.3 Å². The van der Waals surface area contributed by atoms with E-state index < -0.39 is 15.8 Å². The predicted octanol–water partition coefficient (Wildman–Crippen LogP) is 2.24. The Morgan fingerprint density at radius 1 is 1.07 bits per heavy atom. The third-order valence-electron chi connectivity index (χ3n) is 5.15. The molecule has 2 aliphatic heterocycles. The van der Waals surface area contributed by atoms with Gasteiger partial charge in [0.15, 0.2) is 0 Å². The maximum absolute atomic E-state index is 14.5. The summed E-state index contributed by atoms with van der Waals surface area (Å²) in [7, 11) is -3.34. The number of anilines is 3. The van der Waals surface area contributed by atoms with Gasteiger partial charge in [-0.15, -0.1) is 0 Å². The molecule has 2 aromatic carbocycles. The van der Waals surface area contributed by atoms with Crippen LogP contribution in [0.4, 0.5) is 21.5 Å². The minimum absolute atomic E-state index is 0.364. The number of benzene rings is 2. The summed E-state index contributed by atoms with van der Waals surface area (Å²) in [5, 5.41) is 2.71. The second-order valence-electron chi connectivity index (χ2n) is 7.15. The molecule has 0 saturated carbocycles. The van der Waals surface area contributed by atoms with E-state index in [-0.39, 0.29) is 5.91 Å². The normalized spacial score (nSPS) is 16.6. The van der Waals surface area contributed by atoms with Crippen molar-refractivity contribution in [3.63, 3.8) is 0 Å². The molecule has 1 amide bonds. The number of hydrogen-bond acceptors (Lipinski definition) is 5. The number of hydrogen-bond donors (Lipinski definition) is 1. The highest BCUT2D eigenvalue weighted by Crippen LogP contribution is 2.31. The minimum atomic E-state index is -3.34. The standard InChI is InChI=1S/C20H22FN3O4S/c1-29(26,27)24-7-6-14-12-15(2-4-18(14)24)20(25)22-16-3-5-19(17(21)13-16)23-8-10-28-11-9-23/h2-5,12-13H,6-11H2,1H3,(H,22,25). The fourth-order valence-corrected chi connectivity index (χ4v) is 4.66. The number of morpholine rings is 1. The number of ether oxygens (including phenoxy) is 1. The summed E-state index contributed by atoms with van der Waals surface area (Å²) in [4.78, 5) is 14.5. The van der Waals surface area contributed by atoms with Crippen LogP contribution in [0.3, 0.4) is 0 Å². The zero-order chi connectivity index (χ0) is 20.6. The van der Waals surface area contributed by atoms with Crippen LogP contribution in [-0.4, -0.2) is 53.4 Å². The van der Waals surface area contributed by atoms with Crippen LogP contribution < -0.4 is 14.5 Å². The Labute approximate surface area is 169 Å². The second kappa shape index (κ2) is 7.64.